The Bertz CT molecular complexity index is 601. The number of anilines is 1. The van der Waals surface area contributed by atoms with E-state index in [0.717, 1.165) is 5.56 Å². The van der Waals surface area contributed by atoms with Gasteiger partial charge in [-0.3, -0.25) is 4.79 Å². The third-order valence-electron chi connectivity index (χ3n) is 3.14. The Morgan fingerprint density at radius 3 is 2.42 bits per heavy atom. The predicted octanol–water partition coefficient (Wildman–Crippen LogP) is 3.33. The van der Waals surface area contributed by atoms with Gasteiger partial charge in [0.25, 0.3) is 0 Å². The third kappa shape index (κ3) is 2.81. The van der Waals surface area contributed by atoms with Gasteiger partial charge in [-0.25, -0.2) is 4.98 Å². The monoisotopic (exact) mass is 254 g/mol. The fourth-order valence-electron chi connectivity index (χ4n) is 1.94. The molecule has 0 fully saturated rings. The number of rotatable bonds is 3. The van der Waals surface area contributed by atoms with E-state index in [9.17, 15) is 4.79 Å². The largest absolute Gasteiger partial charge is 0.383 e. The molecule has 19 heavy (non-hydrogen) atoms. The Morgan fingerprint density at radius 2 is 1.84 bits per heavy atom. The molecular weight excluding hydrogens is 236 g/mol. The zero-order valence-corrected chi connectivity index (χ0v) is 11.5. The van der Waals surface area contributed by atoms with E-state index in [1.54, 1.807) is 12.3 Å². The van der Waals surface area contributed by atoms with E-state index < -0.39 is 0 Å². The highest BCUT2D eigenvalue weighted by Gasteiger charge is 2.13. The van der Waals surface area contributed by atoms with Gasteiger partial charge in [0.05, 0.1) is 5.56 Å². The van der Waals surface area contributed by atoms with Gasteiger partial charge in [0, 0.05) is 11.8 Å². The first-order valence-corrected chi connectivity index (χ1v) is 6.36. The summed E-state index contributed by atoms with van der Waals surface area (Å²) in [6.07, 6.45) is 1.66. The van der Waals surface area contributed by atoms with Crippen LogP contribution in [-0.2, 0) is 0 Å². The molecule has 0 aliphatic carbocycles. The lowest BCUT2D eigenvalue weighted by atomic mass is 9.98. The number of nitrogen functional groups attached to an aromatic ring is 1. The van der Waals surface area contributed by atoms with Crippen molar-refractivity contribution in [3.05, 3.63) is 58.8 Å². The fourth-order valence-corrected chi connectivity index (χ4v) is 1.94. The van der Waals surface area contributed by atoms with Crippen LogP contribution in [0, 0.1) is 6.92 Å². The van der Waals surface area contributed by atoms with Crippen molar-refractivity contribution in [2.24, 2.45) is 0 Å². The number of aryl methyl sites for hydroxylation is 1. The second-order valence-corrected chi connectivity index (χ2v) is 5.05. The molecule has 0 bridgehead atoms. The van der Waals surface area contributed by atoms with E-state index in [2.05, 4.69) is 18.8 Å². The minimum atomic E-state index is -0.0796. The zero-order valence-electron chi connectivity index (χ0n) is 11.5. The van der Waals surface area contributed by atoms with E-state index >= 15 is 0 Å². The van der Waals surface area contributed by atoms with Gasteiger partial charge in [0.2, 0.25) is 0 Å². The number of pyridine rings is 1. The molecule has 0 atom stereocenters. The predicted molar refractivity (Wildman–Crippen MR) is 77.3 cm³/mol. The Kier molecular flexibility index (Phi) is 3.65. The lowest BCUT2D eigenvalue weighted by Gasteiger charge is -2.08. The molecule has 98 valence electrons. The lowest BCUT2D eigenvalue weighted by Crippen LogP contribution is -2.07. The van der Waals surface area contributed by atoms with Gasteiger partial charge in [0.15, 0.2) is 5.78 Å². The number of hydrogen-bond acceptors (Lipinski definition) is 3. The Balaban J connectivity index is 2.36. The van der Waals surface area contributed by atoms with Crippen LogP contribution in [0.15, 0.2) is 36.5 Å². The number of nitrogens with two attached hydrogens (primary N) is 1. The topological polar surface area (TPSA) is 56.0 Å². The summed E-state index contributed by atoms with van der Waals surface area (Å²) in [5, 5.41) is 0. The summed E-state index contributed by atoms with van der Waals surface area (Å²) in [6, 6.07) is 9.44. The number of hydrogen-bond donors (Lipinski definition) is 1. The maximum Gasteiger partial charge on any atom is 0.196 e. The van der Waals surface area contributed by atoms with Crippen LogP contribution in [0.4, 0.5) is 5.82 Å². The van der Waals surface area contributed by atoms with Gasteiger partial charge in [-0.2, -0.15) is 0 Å². The number of nitrogens with zero attached hydrogens (tertiary/aromatic N) is 1. The van der Waals surface area contributed by atoms with Crippen molar-refractivity contribution in [2.75, 3.05) is 5.73 Å². The number of carbonyl (C=O) groups excluding carboxylic acids is 1. The molecule has 0 aliphatic heterocycles. The number of ketones is 1. The second-order valence-electron chi connectivity index (χ2n) is 5.05. The van der Waals surface area contributed by atoms with Crippen LogP contribution in [0.5, 0.6) is 0 Å². The van der Waals surface area contributed by atoms with Crippen molar-refractivity contribution in [3.63, 3.8) is 0 Å². The van der Waals surface area contributed by atoms with Crippen LogP contribution in [0.25, 0.3) is 0 Å². The number of carbonyl (C=O) groups is 1. The molecule has 1 heterocycles. The summed E-state index contributed by atoms with van der Waals surface area (Å²) in [5.74, 6) is 0.655. The van der Waals surface area contributed by atoms with Crippen molar-refractivity contribution in [1.29, 1.82) is 0 Å². The Morgan fingerprint density at radius 1 is 1.21 bits per heavy atom. The maximum absolute atomic E-state index is 12.4. The average Bonchev–Trinajstić information content (AvgIpc) is 2.41. The molecule has 0 radical (unpaired) electrons. The minimum absolute atomic E-state index is 0.0796. The molecule has 2 aromatic rings. The van der Waals surface area contributed by atoms with Gasteiger partial charge in [-0.1, -0.05) is 38.1 Å². The molecule has 1 aromatic heterocycles. The molecule has 3 nitrogen and oxygen atoms in total. The van der Waals surface area contributed by atoms with Crippen LogP contribution in [0.3, 0.4) is 0 Å². The van der Waals surface area contributed by atoms with Gasteiger partial charge in [-0.05, 0) is 30.0 Å². The highest BCUT2D eigenvalue weighted by Crippen LogP contribution is 2.19. The van der Waals surface area contributed by atoms with Crippen LogP contribution in [-0.4, -0.2) is 10.8 Å². The van der Waals surface area contributed by atoms with Gasteiger partial charge in [-0.15, -0.1) is 0 Å². The van der Waals surface area contributed by atoms with E-state index in [-0.39, 0.29) is 11.6 Å². The fraction of sp³-hybridized carbons (Fsp3) is 0.250. The van der Waals surface area contributed by atoms with Crippen molar-refractivity contribution in [3.8, 4) is 0 Å². The molecule has 0 unspecified atom stereocenters. The molecule has 2 N–H and O–H groups in total. The highest BCUT2D eigenvalue weighted by molar-refractivity contribution is 6.11. The van der Waals surface area contributed by atoms with E-state index in [1.165, 1.54) is 5.56 Å². The van der Waals surface area contributed by atoms with Crippen LogP contribution in [0.1, 0.15) is 46.8 Å². The Hall–Kier alpha value is -2.16. The second kappa shape index (κ2) is 5.22. The highest BCUT2D eigenvalue weighted by atomic mass is 16.1. The summed E-state index contributed by atoms with van der Waals surface area (Å²) in [6.45, 7) is 6.14. The molecule has 0 saturated heterocycles. The molecule has 0 aliphatic rings. The summed E-state index contributed by atoms with van der Waals surface area (Å²) in [7, 11) is 0. The standard InChI is InChI=1S/C16H18N2O/c1-10(2)12-4-6-13(7-5-12)15(19)14-8-11(3)9-18-16(14)17/h4-10H,1-3H3,(H2,17,18). The van der Waals surface area contributed by atoms with Crippen molar-refractivity contribution >= 4 is 11.6 Å². The van der Waals surface area contributed by atoms with Gasteiger partial charge < -0.3 is 5.73 Å². The Labute approximate surface area is 113 Å². The summed E-state index contributed by atoms with van der Waals surface area (Å²) < 4.78 is 0. The summed E-state index contributed by atoms with van der Waals surface area (Å²) in [5.41, 5.74) is 9.03. The van der Waals surface area contributed by atoms with Crippen LogP contribution in [0.2, 0.25) is 0 Å². The average molecular weight is 254 g/mol. The molecule has 2 rings (SSSR count). The first-order valence-electron chi connectivity index (χ1n) is 6.36. The first kappa shape index (κ1) is 13.3. The molecular formula is C16H18N2O. The van der Waals surface area contributed by atoms with E-state index in [4.69, 9.17) is 5.73 Å². The third-order valence-corrected chi connectivity index (χ3v) is 3.14. The van der Waals surface area contributed by atoms with Gasteiger partial charge >= 0.3 is 0 Å². The van der Waals surface area contributed by atoms with Gasteiger partial charge in [0.1, 0.15) is 5.82 Å². The van der Waals surface area contributed by atoms with Crippen molar-refractivity contribution < 1.29 is 4.79 Å². The molecule has 0 amide bonds. The number of aromatic nitrogens is 1. The van der Waals surface area contributed by atoms with E-state index in [0.29, 0.717) is 17.0 Å². The minimum Gasteiger partial charge on any atom is -0.383 e. The smallest absolute Gasteiger partial charge is 0.196 e. The van der Waals surface area contributed by atoms with E-state index in [1.807, 2.05) is 31.2 Å². The molecule has 1 aromatic carbocycles. The molecule has 0 saturated carbocycles. The molecule has 0 spiro atoms. The maximum atomic E-state index is 12.4. The lowest BCUT2D eigenvalue weighted by molar-refractivity contribution is 0.103. The van der Waals surface area contributed by atoms with Crippen LogP contribution < -0.4 is 5.73 Å². The van der Waals surface area contributed by atoms with Crippen LogP contribution >= 0.6 is 0 Å². The molecule has 3 heteroatoms. The normalized spacial score (nSPS) is 10.7. The number of benzene rings is 1. The zero-order chi connectivity index (χ0) is 14.0. The SMILES string of the molecule is Cc1cnc(N)c(C(=O)c2ccc(C(C)C)cc2)c1. The summed E-state index contributed by atoms with van der Waals surface area (Å²) in [4.78, 5) is 16.4. The quantitative estimate of drug-likeness (QED) is 0.855. The first-order chi connectivity index (χ1) is 8.99. The van der Waals surface area contributed by atoms with Crippen molar-refractivity contribution in [1.82, 2.24) is 4.98 Å². The van der Waals surface area contributed by atoms with Crippen molar-refractivity contribution in [2.45, 2.75) is 26.7 Å². The summed E-state index contributed by atoms with van der Waals surface area (Å²) >= 11 is 0.